The van der Waals surface area contributed by atoms with Crippen molar-refractivity contribution in [2.75, 3.05) is 4.90 Å². The first-order valence-corrected chi connectivity index (χ1v) is 11.7. The summed E-state index contributed by atoms with van der Waals surface area (Å²) in [5.74, 6) is -0.868. The Kier molecular flexibility index (Phi) is 5.26. The van der Waals surface area contributed by atoms with E-state index in [-0.39, 0.29) is 24.2 Å². The van der Waals surface area contributed by atoms with Gasteiger partial charge in [-0.05, 0) is 72.8 Å². The van der Waals surface area contributed by atoms with Crippen LogP contribution in [0.4, 0.5) is 10.1 Å². The molecule has 5 rings (SSSR count). The maximum absolute atomic E-state index is 13.8. The van der Waals surface area contributed by atoms with E-state index in [9.17, 15) is 14.0 Å². The number of nitrogens with one attached hydrogen (secondary N) is 1. The molecule has 4 aromatic rings. The largest absolute Gasteiger partial charge is 0.350 e. The van der Waals surface area contributed by atoms with Gasteiger partial charge in [-0.1, -0.05) is 23.7 Å². The molecule has 3 heterocycles. The summed E-state index contributed by atoms with van der Waals surface area (Å²) in [4.78, 5) is 30.0. The quantitative estimate of drug-likeness (QED) is 0.416. The number of amides is 2. The minimum absolute atomic E-state index is 0.225. The van der Waals surface area contributed by atoms with E-state index >= 15 is 0 Å². The number of hydrogen-bond donors (Lipinski definition) is 1. The standard InChI is InChI=1S/C25H21ClFN3O2S/c1-15-11-18(26)5-8-20(15)30-22(31)21-12-17-9-10-33-23(17)29(21)14-25(30,2)24(32)28-13-16-3-6-19(27)7-4-16/h3-12H,13-14H2,1-2H3,(H,28,32)/t25-/m0/s1. The Morgan fingerprint density at radius 1 is 1.18 bits per heavy atom. The van der Waals surface area contributed by atoms with Gasteiger partial charge in [0.15, 0.2) is 0 Å². The van der Waals surface area contributed by atoms with Crippen molar-refractivity contribution < 1.29 is 14.0 Å². The Morgan fingerprint density at radius 2 is 1.94 bits per heavy atom. The average molecular weight is 482 g/mol. The Labute approximate surface area is 199 Å². The van der Waals surface area contributed by atoms with E-state index in [4.69, 9.17) is 11.6 Å². The first-order chi connectivity index (χ1) is 15.8. The maximum Gasteiger partial charge on any atom is 0.275 e. The predicted molar refractivity (Wildman–Crippen MR) is 129 cm³/mol. The Hall–Kier alpha value is -3.16. The highest BCUT2D eigenvalue weighted by molar-refractivity contribution is 7.16. The first-order valence-electron chi connectivity index (χ1n) is 10.5. The van der Waals surface area contributed by atoms with E-state index in [1.54, 1.807) is 53.5 Å². The number of anilines is 1. The van der Waals surface area contributed by atoms with Crippen LogP contribution >= 0.6 is 22.9 Å². The van der Waals surface area contributed by atoms with E-state index in [0.717, 1.165) is 21.3 Å². The first kappa shape index (κ1) is 21.7. The number of benzene rings is 2. The summed E-state index contributed by atoms with van der Waals surface area (Å²) < 4.78 is 15.2. The highest BCUT2D eigenvalue weighted by Crippen LogP contribution is 2.39. The van der Waals surface area contributed by atoms with Crippen LogP contribution < -0.4 is 10.2 Å². The Morgan fingerprint density at radius 3 is 2.67 bits per heavy atom. The van der Waals surface area contributed by atoms with Crippen LogP contribution in [-0.2, 0) is 17.9 Å². The lowest BCUT2D eigenvalue weighted by atomic mass is 9.93. The van der Waals surface area contributed by atoms with Gasteiger partial charge in [-0.2, -0.15) is 0 Å². The number of carbonyl (C=O) groups excluding carboxylic acids is 2. The van der Waals surface area contributed by atoms with Gasteiger partial charge in [0.2, 0.25) is 5.91 Å². The Balaban J connectivity index is 1.57. The third kappa shape index (κ3) is 3.61. The number of thiophene rings is 1. The van der Waals surface area contributed by atoms with Crippen molar-refractivity contribution in [3.05, 3.63) is 87.6 Å². The van der Waals surface area contributed by atoms with Crippen molar-refractivity contribution in [3.8, 4) is 0 Å². The van der Waals surface area contributed by atoms with E-state index in [0.29, 0.717) is 22.9 Å². The molecule has 1 aliphatic rings. The van der Waals surface area contributed by atoms with Crippen LogP contribution in [0.3, 0.4) is 0 Å². The van der Waals surface area contributed by atoms with E-state index in [1.165, 1.54) is 12.1 Å². The van der Waals surface area contributed by atoms with Crippen LogP contribution in [0.15, 0.2) is 60.0 Å². The van der Waals surface area contributed by atoms with E-state index < -0.39 is 5.54 Å². The molecule has 0 fully saturated rings. The van der Waals surface area contributed by atoms with E-state index in [1.807, 2.05) is 29.0 Å². The van der Waals surface area contributed by atoms with Crippen LogP contribution in [-0.4, -0.2) is 21.9 Å². The van der Waals surface area contributed by atoms with Gasteiger partial charge >= 0.3 is 0 Å². The predicted octanol–water partition coefficient (Wildman–Crippen LogP) is 5.54. The summed E-state index contributed by atoms with van der Waals surface area (Å²) in [5.41, 5.74) is 1.57. The molecule has 0 aliphatic carbocycles. The fourth-order valence-corrected chi connectivity index (χ4v) is 5.54. The molecule has 33 heavy (non-hydrogen) atoms. The van der Waals surface area contributed by atoms with Crippen LogP contribution in [0, 0.1) is 12.7 Å². The molecule has 2 amide bonds. The highest BCUT2D eigenvalue weighted by atomic mass is 35.5. The van der Waals surface area contributed by atoms with E-state index in [2.05, 4.69) is 5.32 Å². The molecule has 1 atom stereocenters. The number of nitrogens with zero attached hydrogens (tertiary/aromatic N) is 2. The van der Waals surface area contributed by atoms with Crippen molar-refractivity contribution in [3.63, 3.8) is 0 Å². The summed E-state index contributed by atoms with van der Waals surface area (Å²) in [6.45, 7) is 4.18. The summed E-state index contributed by atoms with van der Waals surface area (Å²) >= 11 is 7.71. The molecule has 0 unspecified atom stereocenters. The zero-order valence-corrected chi connectivity index (χ0v) is 19.6. The second-order valence-corrected chi connectivity index (χ2v) is 9.78. The van der Waals surface area contributed by atoms with Crippen LogP contribution in [0.5, 0.6) is 0 Å². The minimum atomic E-state index is -1.20. The third-order valence-corrected chi connectivity index (χ3v) is 7.33. The van der Waals surface area contributed by atoms with Gasteiger partial charge in [-0.3, -0.25) is 14.5 Å². The van der Waals surface area contributed by atoms with Gasteiger partial charge in [-0.25, -0.2) is 4.39 Å². The number of hydrogen-bond acceptors (Lipinski definition) is 3. The number of aryl methyl sites for hydroxylation is 1. The van der Waals surface area contributed by atoms with Crippen molar-refractivity contribution in [1.29, 1.82) is 0 Å². The Bertz CT molecular complexity index is 1390. The molecule has 1 N–H and O–H groups in total. The third-order valence-electron chi connectivity index (χ3n) is 6.14. The topological polar surface area (TPSA) is 54.3 Å². The molecule has 1 aliphatic heterocycles. The van der Waals surface area contributed by atoms with Gasteiger partial charge < -0.3 is 9.88 Å². The maximum atomic E-state index is 13.8. The summed E-state index contributed by atoms with van der Waals surface area (Å²) in [5, 5.41) is 6.47. The second-order valence-electron chi connectivity index (χ2n) is 8.45. The van der Waals surface area contributed by atoms with Crippen LogP contribution in [0.1, 0.15) is 28.5 Å². The molecule has 0 saturated heterocycles. The zero-order chi connectivity index (χ0) is 23.3. The van der Waals surface area contributed by atoms with Gasteiger partial charge in [0.25, 0.3) is 5.91 Å². The monoisotopic (exact) mass is 481 g/mol. The smallest absolute Gasteiger partial charge is 0.275 e. The number of halogens is 2. The number of fused-ring (bicyclic) bond motifs is 3. The summed E-state index contributed by atoms with van der Waals surface area (Å²) in [6, 6.07) is 15.1. The highest BCUT2D eigenvalue weighted by Gasteiger charge is 2.49. The fourth-order valence-electron chi connectivity index (χ4n) is 4.42. The van der Waals surface area contributed by atoms with Gasteiger partial charge in [0.05, 0.1) is 6.54 Å². The van der Waals surface area contributed by atoms with Gasteiger partial charge in [0.1, 0.15) is 21.9 Å². The van der Waals surface area contributed by atoms with Crippen molar-refractivity contribution in [2.45, 2.75) is 32.5 Å². The molecule has 5 nitrogen and oxygen atoms in total. The minimum Gasteiger partial charge on any atom is -0.350 e. The molecule has 0 saturated carbocycles. The molecule has 0 bridgehead atoms. The lowest BCUT2D eigenvalue weighted by Crippen LogP contribution is -2.64. The molecule has 2 aromatic heterocycles. The summed E-state index contributed by atoms with van der Waals surface area (Å²) in [6.07, 6.45) is 0. The molecule has 2 aromatic carbocycles. The number of aromatic nitrogens is 1. The van der Waals surface area contributed by atoms with Crippen molar-refractivity contribution >= 4 is 50.7 Å². The summed E-state index contributed by atoms with van der Waals surface area (Å²) in [7, 11) is 0. The van der Waals surface area contributed by atoms with Crippen molar-refractivity contribution in [2.24, 2.45) is 0 Å². The molecular weight excluding hydrogens is 461 g/mol. The molecule has 168 valence electrons. The second kappa shape index (κ2) is 8.01. The molecular formula is C25H21ClFN3O2S. The van der Waals surface area contributed by atoms with Crippen LogP contribution in [0.2, 0.25) is 5.02 Å². The van der Waals surface area contributed by atoms with Crippen LogP contribution in [0.25, 0.3) is 10.2 Å². The van der Waals surface area contributed by atoms with Gasteiger partial charge in [-0.15, -0.1) is 11.3 Å². The molecule has 0 radical (unpaired) electrons. The zero-order valence-electron chi connectivity index (χ0n) is 18.1. The number of rotatable bonds is 4. The average Bonchev–Trinajstić information content (AvgIpc) is 3.37. The lowest BCUT2D eigenvalue weighted by Gasteiger charge is -2.44. The SMILES string of the molecule is Cc1cc(Cl)ccc1N1C(=O)c2cc3ccsc3n2C[C@@]1(C)C(=O)NCc1ccc(F)cc1. The normalized spacial score (nSPS) is 17.9. The van der Waals surface area contributed by atoms with Gasteiger partial charge in [0, 0.05) is 22.6 Å². The number of carbonyl (C=O) groups is 2. The van der Waals surface area contributed by atoms with Crippen molar-refractivity contribution in [1.82, 2.24) is 9.88 Å². The molecule has 0 spiro atoms. The lowest BCUT2D eigenvalue weighted by molar-refractivity contribution is -0.126. The molecule has 8 heteroatoms. The fraction of sp³-hybridized carbons (Fsp3) is 0.200.